The smallest absolute Gasteiger partial charge is 0.258 e. The molecule has 1 aromatic heterocycles. The molecule has 1 unspecified atom stereocenters. The fourth-order valence-corrected chi connectivity index (χ4v) is 3.64. The maximum atomic E-state index is 12.5. The average Bonchev–Trinajstić information content (AvgIpc) is 2.97. The van der Waals surface area contributed by atoms with Gasteiger partial charge in [0.15, 0.2) is 0 Å². The summed E-state index contributed by atoms with van der Waals surface area (Å²) in [6.45, 7) is 3.78. The van der Waals surface area contributed by atoms with Gasteiger partial charge in [0.25, 0.3) is 5.91 Å². The summed E-state index contributed by atoms with van der Waals surface area (Å²) in [4.78, 5) is 24.0. The highest BCUT2D eigenvalue weighted by molar-refractivity contribution is 5.93. The molecule has 0 radical (unpaired) electrons. The summed E-state index contributed by atoms with van der Waals surface area (Å²) < 4.78 is 1.97. The van der Waals surface area contributed by atoms with Crippen LogP contribution in [0, 0.1) is 0 Å². The Balaban J connectivity index is 2.00. The number of nitrogens with two attached hydrogens (primary N) is 1. The van der Waals surface area contributed by atoms with E-state index >= 15 is 0 Å². The van der Waals surface area contributed by atoms with Gasteiger partial charge in [-0.2, -0.15) is 0 Å². The van der Waals surface area contributed by atoms with Gasteiger partial charge in [-0.3, -0.25) is 4.79 Å². The van der Waals surface area contributed by atoms with Crippen LogP contribution in [-0.2, 0) is 27.2 Å². The number of hydrogen-bond acceptors (Lipinski definition) is 3. The summed E-state index contributed by atoms with van der Waals surface area (Å²) in [5.74, 6) is -0.570. The van der Waals surface area contributed by atoms with Crippen molar-refractivity contribution in [1.82, 2.24) is 4.57 Å². The first-order chi connectivity index (χ1) is 12.1. The van der Waals surface area contributed by atoms with Gasteiger partial charge < -0.3 is 10.3 Å². The zero-order valence-electron chi connectivity index (χ0n) is 14.7. The van der Waals surface area contributed by atoms with Crippen LogP contribution in [0.5, 0.6) is 0 Å². The van der Waals surface area contributed by atoms with Gasteiger partial charge in [0.2, 0.25) is 5.60 Å². The summed E-state index contributed by atoms with van der Waals surface area (Å²) in [5, 5.41) is 0.929. The number of para-hydroxylation sites is 1. The third kappa shape index (κ3) is 3.34. The quantitative estimate of drug-likeness (QED) is 0.474. The molecule has 1 aliphatic rings. The minimum absolute atomic E-state index is 0.00673. The Morgan fingerprint density at radius 1 is 1.36 bits per heavy atom. The molecule has 1 aromatic carbocycles. The number of amides is 1. The number of benzene rings is 1. The van der Waals surface area contributed by atoms with Crippen LogP contribution in [0.3, 0.4) is 0 Å². The minimum atomic E-state index is -1.37. The molecule has 1 saturated carbocycles. The van der Waals surface area contributed by atoms with Gasteiger partial charge in [-0.1, -0.05) is 43.5 Å². The molecule has 1 heterocycles. The average molecular weight is 342 g/mol. The lowest BCUT2D eigenvalue weighted by molar-refractivity contribution is -0.380. The van der Waals surface area contributed by atoms with E-state index in [0.29, 0.717) is 5.56 Å². The molecular formula is C20H26N2O3. The first kappa shape index (κ1) is 17.7. The van der Waals surface area contributed by atoms with E-state index in [4.69, 9.17) is 15.5 Å². The maximum Gasteiger partial charge on any atom is 0.258 e. The molecule has 1 aliphatic carbocycles. The lowest BCUT2D eigenvalue weighted by atomic mass is 9.89. The van der Waals surface area contributed by atoms with Gasteiger partial charge in [-0.15, -0.1) is 6.58 Å². The lowest BCUT2D eigenvalue weighted by Crippen LogP contribution is -2.44. The molecule has 1 atom stereocenters. The number of carbonyl (C=O) groups is 1. The largest absolute Gasteiger partial charge is 0.367 e. The first-order valence-electron chi connectivity index (χ1n) is 8.88. The van der Waals surface area contributed by atoms with E-state index in [1.165, 1.54) is 6.42 Å². The van der Waals surface area contributed by atoms with E-state index in [1.54, 1.807) is 6.08 Å². The Kier molecular flexibility index (Phi) is 5.25. The van der Waals surface area contributed by atoms with Crippen molar-refractivity contribution in [2.45, 2.75) is 50.2 Å². The van der Waals surface area contributed by atoms with Crippen LogP contribution in [0.15, 0.2) is 43.1 Å². The number of aryl methyl sites for hydroxylation is 1. The Morgan fingerprint density at radius 2 is 2.08 bits per heavy atom. The molecule has 5 heteroatoms. The third-order valence-electron chi connectivity index (χ3n) is 5.04. The van der Waals surface area contributed by atoms with Crippen molar-refractivity contribution in [3.05, 3.63) is 48.7 Å². The van der Waals surface area contributed by atoms with Crippen LogP contribution in [0.1, 0.15) is 44.1 Å². The van der Waals surface area contributed by atoms with Gasteiger partial charge >= 0.3 is 0 Å². The van der Waals surface area contributed by atoms with Crippen molar-refractivity contribution in [3.63, 3.8) is 0 Å². The molecular weight excluding hydrogens is 316 g/mol. The summed E-state index contributed by atoms with van der Waals surface area (Å²) in [5.41, 5.74) is 6.15. The molecule has 1 amide bonds. The fraction of sp³-hybridized carbons (Fsp3) is 0.450. The SMILES string of the molecule is C=CCC(OOC1CCCCC1)(C(N)=O)c1cn(C)c2ccccc12. The highest BCUT2D eigenvalue weighted by Gasteiger charge is 2.43. The molecule has 0 bridgehead atoms. The Hall–Kier alpha value is -2.11. The van der Waals surface area contributed by atoms with E-state index in [0.717, 1.165) is 36.6 Å². The normalized spacial score (nSPS) is 18.1. The zero-order chi connectivity index (χ0) is 17.9. The van der Waals surface area contributed by atoms with Crippen molar-refractivity contribution in [2.75, 3.05) is 0 Å². The number of nitrogens with zero attached hydrogens (tertiary/aromatic N) is 1. The molecule has 1 fully saturated rings. The molecule has 2 aromatic rings. The van der Waals surface area contributed by atoms with Crippen LogP contribution in [-0.4, -0.2) is 16.6 Å². The molecule has 134 valence electrons. The standard InChI is InChI=1S/C20H26N2O3/c1-3-13-20(19(21)23,25-24-15-9-5-4-6-10-15)17-14-22(2)18-12-8-7-11-16(17)18/h3,7-8,11-12,14-15H,1,4-6,9-10,13H2,2H3,(H2,21,23). The molecule has 5 nitrogen and oxygen atoms in total. The summed E-state index contributed by atoms with van der Waals surface area (Å²) in [6, 6.07) is 7.87. The number of aromatic nitrogens is 1. The van der Waals surface area contributed by atoms with Crippen LogP contribution >= 0.6 is 0 Å². The van der Waals surface area contributed by atoms with E-state index in [-0.39, 0.29) is 12.5 Å². The van der Waals surface area contributed by atoms with Crippen molar-refractivity contribution in [3.8, 4) is 0 Å². The van der Waals surface area contributed by atoms with Crippen molar-refractivity contribution in [2.24, 2.45) is 12.8 Å². The third-order valence-corrected chi connectivity index (χ3v) is 5.04. The highest BCUT2D eigenvalue weighted by Crippen LogP contribution is 2.37. The molecule has 2 N–H and O–H groups in total. The number of primary amides is 1. The van der Waals surface area contributed by atoms with Crippen molar-refractivity contribution >= 4 is 16.8 Å². The first-order valence-corrected chi connectivity index (χ1v) is 8.88. The predicted octanol–water partition coefficient (Wildman–Crippen LogP) is 3.72. The highest BCUT2D eigenvalue weighted by atomic mass is 17.2. The van der Waals surface area contributed by atoms with Crippen LogP contribution in [0.25, 0.3) is 10.9 Å². The summed E-state index contributed by atoms with van der Waals surface area (Å²) >= 11 is 0. The predicted molar refractivity (Wildman–Crippen MR) is 97.6 cm³/mol. The monoisotopic (exact) mass is 342 g/mol. The van der Waals surface area contributed by atoms with E-state index in [9.17, 15) is 4.79 Å². The van der Waals surface area contributed by atoms with Gasteiger partial charge in [0.05, 0.1) is 6.10 Å². The maximum absolute atomic E-state index is 12.5. The Bertz CT molecular complexity index is 761. The molecule has 0 spiro atoms. The second-order valence-corrected chi connectivity index (χ2v) is 6.79. The fourth-order valence-electron chi connectivity index (χ4n) is 3.64. The van der Waals surface area contributed by atoms with E-state index in [1.807, 2.05) is 42.1 Å². The second-order valence-electron chi connectivity index (χ2n) is 6.79. The Labute approximate surface area is 148 Å². The number of fused-ring (bicyclic) bond motifs is 1. The second kappa shape index (κ2) is 7.42. The van der Waals surface area contributed by atoms with Crippen molar-refractivity contribution < 1.29 is 14.6 Å². The molecule has 0 aliphatic heterocycles. The Morgan fingerprint density at radius 3 is 2.76 bits per heavy atom. The van der Waals surface area contributed by atoms with E-state index in [2.05, 4.69) is 6.58 Å². The van der Waals surface area contributed by atoms with Gasteiger partial charge in [-0.05, 0) is 18.9 Å². The molecule has 25 heavy (non-hydrogen) atoms. The number of rotatable bonds is 7. The number of carbonyl (C=O) groups excluding carboxylic acids is 1. The lowest BCUT2D eigenvalue weighted by Gasteiger charge is -2.31. The van der Waals surface area contributed by atoms with Crippen LogP contribution in [0.2, 0.25) is 0 Å². The number of hydrogen-bond donors (Lipinski definition) is 1. The zero-order valence-corrected chi connectivity index (χ0v) is 14.7. The minimum Gasteiger partial charge on any atom is -0.367 e. The van der Waals surface area contributed by atoms with E-state index < -0.39 is 11.5 Å². The van der Waals surface area contributed by atoms with Crippen molar-refractivity contribution in [1.29, 1.82) is 0 Å². The summed E-state index contributed by atoms with van der Waals surface area (Å²) in [7, 11) is 1.94. The van der Waals surface area contributed by atoms with Gasteiger partial charge in [0, 0.05) is 36.1 Å². The van der Waals surface area contributed by atoms with Gasteiger partial charge in [0.1, 0.15) is 0 Å². The van der Waals surface area contributed by atoms with Crippen LogP contribution < -0.4 is 5.73 Å². The summed E-state index contributed by atoms with van der Waals surface area (Å²) in [6.07, 6.45) is 9.14. The van der Waals surface area contributed by atoms with Gasteiger partial charge in [-0.25, -0.2) is 9.78 Å². The van der Waals surface area contributed by atoms with Crippen LogP contribution in [0.4, 0.5) is 0 Å². The molecule has 0 saturated heterocycles. The topological polar surface area (TPSA) is 66.5 Å². The molecule has 3 rings (SSSR count).